The first-order valence-electron chi connectivity index (χ1n) is 6.29. The number of rotatable bonds is 5. The number of hydrogen-bond donors (Lipinski definition) is 1. The highest BCUT2D eigenvalue weighted by Crippen LogP contribution is 2.17. The first-order chi connectivity index (χ1) is 9.70. The van der Waals surface area contributed by atoms with Crippen LogP contribution in [0.1, 0.15) is 22.8 Å². The van der Waals surface area contributed by atoms with Crippen molar-refractivity contribution in [3.05, 3.63) is 66.0 Å². The maximum absolute atomic E-state index is 11.9. The SMILES string of the molecule is CCOc1ccc(/C(O)=C/C(=O)c2ccncc2)cc1. The highest BCUT2D eigenvalue weighted by Gasteiger charge is 2.06. The van der Waals surface area contributed by atoms with Crippen LogP contribution in [0.15, 0.2) is 54.9 Å². The van der Waals surface area contributed by atoms with Gasteiger partial charge in [0.15, 0.2) is 5.78 Å². The molecule has 1 N–H and O–H groups in total. The average Bonchev–Trinajstić information content (AvgIpc) is 2.49. The fourth-order valence-corrected chi connectivity index (χ4v) is 1.70. The fraction of sp³-hybridized carbons (Fsp3) is 0.125. The van der Waals surface area contributed by atoms with Crippen LogP contribution < -0.4 is 4.74 Å². The summed E-state index contributed by atoms with van der Waals surface area (Å²) in [5, 5.41) is 9.96. The van der Waals surface area contributed by atoms with E-state index in [1.807, 2.05) is 6.92 Å². The Morgan fingerprint density at radius 1 is 1.15 bits per heavy atom. The zero-order valence-electron chi connectivity index (χ0n) is 11.1. The number of pyridine rings is 1. The fourth-order valence-electron chi connectivity index (χ4n) is 1.70. The monoisotopic (exact) mass is 269 g/mol. The van der Waals surface area contributed by atoms with Crippen molar-refractivity contribution in [3.8, 4) is 5.75 Å². The smallest absolute Gasteiger partial charge is 0.189 e. The summed E-state index contributed by atoms with van der Waals surface area (Å²) in [6.45, 7) is 2.49. The van der Waals surface area contributed by atoms with E-state index in [0.29, 0.717) is 17.7 Å². The van der Waals surface area contributed by atoms with Gasteiger partial charge in [0.05, 0.1) is 6.61 Å². The Hall–Kier alpha value is -2.62. The zero-order chi connectivity index (χ0) is 14.4. The molecule has 0 spiro atoms. The lowest BCUT2D eigenvalue weighted by molar-refractivity contribution is 0.104. The molecule has 2 aromatic rings. The van der Waals surface area contributed by atoms with E-state index in [2.05, 4.69) is 4.98 Å². The van der Waals surface area contributed by atoms with Gasteiger partial charge >= 0.3 is 0 Å². The van der Waals surface area contributed by atoms with E-state index < -0.39 is 0 Å². The summed E-state index contributed by atoms with van der Waals surface area (Å²) in [6.07, 6.45) is 4.27. The van der Waals surface area contributed by atoms with Crippen LogP contribution in [0.25, 0.3) is 5.76 Å². The van der Waals surface area contributed by atoms with Crippen LogP contribution >= 0.6 is 0 Å². The zero-order valence-corrected chi connectivity index (χ0v) is 11.1. The van der Waals surface area contributed by atoms with Crippen LogP contribution in [0.2, 0.25) is 0 Å². The van der Waals surface area contributed by atoms with Gasteiger partial charge in [-0.05, 0) is 43.3 Å². The van der Waals surface area contributed by atoms with Crippen LogP contribution in [0.3, 0.4) is 0 Å². The Balaban J connectivity index is 2.16. The van der Waals surface area contributed by atoms with Crippen molar-refractivity contribution in [2.45, 2.75) is 6.92 Å². The van der Waals surface area contributed by atoms with Crippen molar-refractivity contribution in [3.63, 3.8) is 0 Å². The molecule has 0 aliphatic heterocycles. The minimum Gasteiger partial charge on any atom is -0.507 e. The molecule has 1 aromatic heterocycles. The van der Waals surface area contributed by atoms with Gasteiger partial charge in [0.2, 0.25) is 0 Å². The molecular formula is C16H15NO3. The molecule has 0 radical (unpaired) electrons. The topological polar surface area (TPSA) is 59.4 Å². The summed E-state index contributed by atoms with van der Waals surface area (Å²) < 4.78 is 5.32. The molecule has 0 fully saturated rings. The molecule has 0 bridgehead atoms. The lowest BCUT2D eigenvalue weighted by Crippen LogP contribution is -1.97. The van der Waals surface area contributed by atoms with Crippen molar-refractivity contribution < 1.29 is 14.6 Å². The van der Waals surface area contributed by atoms with E-state index in [1.54, 1.807) is 36.4 Å². The summed E-state index contributed by atoms with van der Waals surface area (Å²) in [7, 11) is 0. The molecule has 1 heterocycles. The Labute approximate surface area is 117 Å². The van der Waals surface area contributed by atoms with Gasteiger partial charge in [0, 0.05) is 29.6 Å². The molecule has 2 rings (SSSR count). The van der Waals surface area contributed by atoms with Crippen molar-refractivity contribution in [1.29, 1.82) is 0 Å². The number of carbonyl (C=O) groups is 1. The van der Waals surface area contributed by atoms with E-state index in [-0.39, 0.29) is 11.5 Å². The second kappa shape index (κ2) is 6.52. The number of carbonyl (C=O) groups excluding carboxylic acids is 1. The molecule has 4 heteroatoms. The quantitative estimate of drug-likeness (QED) is 0.514. The number of hydrogen-bond acceptors (Lipinski definition) is 4. The predicted octanol–water partition coefficient (Wildman–Crippen LogP) is 3.26. The molecule has 1 aromatic carbocycles. The van der Waals surface area contributed by atoms with E-state index in [1.165, 1.54) is 18.5 Å². The van der Waals surface area contributed by atoms with E-state index in [0.717, 1.165) is 5.75 Å². The van der Waals surface area contributed by atoms with Crippen LogP contribution in [-0.4, -0.2) is 22.5 Å². The van der Waals surface area contributed by atoms with Gasteiger partial charge in [-0.2, -0.15) is 0 Å². The summed E-state index contributed by atoms with van der Waals surface area (Å²) in [4.78, 5) is 15.8. The molecule has 0 amide bonds. The first kappa shape index (κ1) is 13.8. The highest BCUT2D eigenvalue weighted by molar-refractivity contribution is 6.07. The van der Waals surface area contributed by atoms with Crippen molar-refractivity contribution in [2.24, 2.45) is 0 Å². The van der Waals surface area contributed by atoms with E-state index in [4.69, 9.17) is 4.74 Å². The maximum atomic E-state index is 11.9. The van der Waals surface area contributed by atoms with E-state index in [9.17, 15) is 9.90 Å². The first-order valence-corrected chi connectivity index (χ1v) is 6.29. The van der Waals surface area contributed by atoms with Crippen LogP contribution in [0, 0.1) is 0 Å². The average molecular weight is 269 g/mol. The lowest BCUT2D eigenvalue weighted by Gasteiger charge is -2.04. The molecule has 0 saturated carbocycles. The minimum absolute atomic E-state index is 0.0742. The Kier molecular flexibility index (Phi) is 4.50. The third-order valence-corrected chi connectivity index (χ3v) is 2.69. The molecule has 0 aliphatic rings. The molecule has 4 nitrogen and oxygen atoms in total. The molecule has 102 valence electrons. The third kappa shape index (κ3) is 3.45. The summed E-state index contributed by atoms with van der Waals surface area (Å²) in [5.41, 5.74) is 1.05. The number of allylic oxidation sites excluding steroid dienone is 1. The normalized spacial score (nSPS) is 11.2. The second-order valence-electron chi connectivity index (χ2n) is 4.09. The number of aliphatic hydroxyl groups excluding tert-OH is 1. The van der Waals surface area contributed by atoms with E-state index >= 15 is 0 Å². The molecular weight excluding hydrogens is 254 g/mol. The number of ether oxygens (including phenoxy) is 1. The highest BCUT2D eigenvalue weighted by atomic mass is 16.5. The molecule has 0 aliphatic carbocycles. The number of ketones is 1. The van der Waals surface area contributed by atoms with Gasteiger partial charge in [0.25, 0.3) is 0 Å². The molecule has 0 saturated heterocycles. The molecule has 0 atom stereocenters. The van der Waals surface area contributed by atoms with Gasteiger partial charge in [-0.25, -0.2) is 0 Å². The van der Waals surface area contributed by atoms with Crippen LogP contribution in [0.4, 0.5) is 0 Å². The predicted molar refractivity (Wildman–Crippen MR) is 76.8 cm³/mol. The Morgan fingerprint density at radius 2 is 1.80 bits per heavy atom. The summed E-state index contributed by atoms with van der Waals surface area (Å²) in [5.74, 6) is 0.387. The van der Waals surface area contributed by atoms with Gasteiger partial charge < -0.3 is 9.84 Å². The van der Waals surface area contributed by atoms with Gasteiger partial charge in [-0.1, -0.05) is 0 Å². The molecule has 20 heavy (non-hydrogen) atoms. The minimum atomic E-state index is -0.265. The number of aliphatic hydroxyl groups is 1. The Morgan fingerprint density at radius 3 is 2.40 bits per heavy atom. The molecule has 0 unspecified atom stereocenters. The number of benzene rings is 1. The van der Waals surface area contributed by atoms with Crippen LogP contribution in [0.5, 0.6) is 5.75 Å². The van der Waals surface area contributed by atoms with Crippen molar-refractivity contribution in [1.82, 2.24) is 4.98 Å². The Bertz CT molecular complexity index is 603. The lowest BCUT2D eigenvalue weighted by atomic mass is 10.1. The van der Waals surface area contributed by atoms with Gasteiger partial charge in [0.1, 0.15) is 11.5 Å². The van der Waals surface area contributed by atoms with Gasteiger partial charge in [-0.3, -0.25) is 9.78 Å². The van der Waals surface area contributed by atoms with Crippen LogP contribution in [-0.2, 0) is 0 Å². The summed E-state index contributed by atoms with van der Waals surface area (Å²) >= 11 is 0. The van der Waals surface area contributed by atoms with Crippen molar-refractivity contribution >= 4 is 11.5 Å². The largest absolute Gasteiger partial charge is 0.507 e. The third-order valence-electron chi connectivity index (χ3n) is 2.69. The number of aromatic nitrogens is 1. The standard InChI is InChI=1S/C16H15NO3/c1-2-20-14-5-3-12(4-6-14)15(18)11-16(19)13-7-9-17-10-8-13/h3-11,18H,2H2,1H3/b15-11-. The maximum Gasteiger partial charge on any atom is 0.189 e. The second-order valence-corrected chi connectivity index (χ2v) is 4.09. The number of nitrogens with zero attached hydrogens (tertiary/aromatic N) is 1. The summed E-state index contributed by atoms with van der Waals surface area (Å²) in [6, 6.07) is 10.1. The van der Waals surface area contributed by atoms with Crippen molar-refractivity contribution in [2.75, 3.05) is 6.61 Å². The van der Waals surface area contributed by atoms with Gasteiger partial charge in [-0.15, -0.1) is 0 Å².